The first kappa shape index (κ1) is 22.9. The minimum absolute atomic E-state index is 0.0901. The van der Waals surface area contributed by atoms with Gasteiger partial charge in [0.2, 0.25) is 0 Å². The molecule has 1 fully saturated rings. The smallest absolute Gasteiger partial charge is 0.251 e. The van der Waals surface area contributed by atoms with E-state index < -0.39 is 0 Å². The van der Waals surface area contributed by atoms with Crippen molar-refractivity contribution >= 4 is 28.6 Å². The van der Waals surface area contributed by atoms with Crippen molar-refractivity contribution in [2.45, 2.75) is 19.9 Å². The van der Waals surface area contributed by atoms with Gasteiger partial charge in [0.1, 0.15) is 0 Å². The number of carbonyl (C=O) groups excluding carboxylic acids is 1. The van der Waals surface area contributed by atoms with Gasteiger partial charge in [-0.15, -0.1) is 0 Å². The number of carbonyl (C=O) groups is 1. The number of rotatable bonds is 6. The molecule has 0 spiro atoms. The number of aromatic nitrogens is 2. The predicted molar refractivity (Wildman–Crippen MR) is 143 cm³/mol. The van der Waals surface area contributed by atoms with E-state index in [1.165, 1.54) is 5.69 Å². The van der Waals surface area contributed by atoms with Gasteiger partial charge in [0.15, 0.2) is 5.65 Å². The van der Waals surface area contributed by atoms with Crippen molar-refractivity contribution in [1.82, 2.24) is 19.6 Å². The molecule has 0 radical (unpaired) electrons. The Morgan fingerprint density at radius 3 is 2.29 bits per heavy atom. The predicted octanol–water partition coefficient (Wildman–Crippen LogP) is 4.63. The first-order valence-corrected chi connectivity index (χ1v) is 12.2. The first-order valence-electron chi connectivity index (χ1n) is 12.2. The molecule has 0 atom stereocenters. The zero-order chi connectivity index (χ0) is 24.4. The van der Waals surface area contributed by atoms with E-state index in [1.54, 1.807) is 7.05 Å². The first-order chi connectivity index (χ1) is 17.0. The van der Waals surface area contributed by atoms with E-state index in [2.05, 4.69) is 80.1 Å². The van der Waals surface area contributed by atoms with Crippen LogP contribution in [-0.2, 0) is 0 Å². The molecular formula is C28H32N6O. The molecule has 0 unspecified atom stereocenters. The second-order valence-electron chi connectivity index (χ2n) is 9.20. The van der Waals surface area contributed by atoms with E-state index in [4.69, 9.17) is 0 Å². The largest absolute Gasteiger partial charge is 0.369 e. The maximum atomic E-state index is 11.9. The highest BCUT2D eigenvalue weighted by molar-refractivity contribution is 5.94. The van der Waals surface area contributed by atoms with Crippen LogP contribution in [0.5, 0.6) is 0 Å². The summed E-state index contributed by atoms with van der Waals surface area (Å²) in [7, 11) is 1.64. The molecule has 7 nitrogen and oxygen atoms in total. The Morgan fingerprint density at radius 2 is 1.63 bits per heavy atom. The van der Waals surface area contributed by atoms with Crippen LogP contribution in [0.15, 0.2) is 73.1 Å². The Hall–Kier alpha value is -3.84. The number of nitrogens with one attached hydrogen (secondary N) is 2. The fourth-order valence-corrected chi connectivity index (χ4v) is 4.69. The molecule has 2 aromatic carbocycles. The van der Waals surface area contributed by atoms with E-state index in [-0.39, 0.29) is 5.91 Å². The van der Waals surface area contributed by atoms with Crippen LogP contribution >= 0.6 is 0 Å². The van der Waals surface area contributed by atoms with Crippen LogP contribution < -0.4 is 15.5 Å². The molecule has 4 aromatic rings. The highest BCUT2D eigenvalue weighted by Gasteiger charge is 2.19. The molecule has 180 valence electrons. The molecule has 1 aliphatic rings. The highest BCUT2D eigenvalue weighted by Crippen LogP contribution is 2.29. The SMILES string of the molecule is CNC(=O)c1ccc(-c2ccc(Nc3ccc(N4CCN(C(C)C)CC4)cc3)c3nccn23)cc1. The van der Waals surface area contributed by atoms with Crippen molar-refractivity contribution in [3.8, 4) is 11.3 Å². The molecule has 5 rings (SSSR count). The van der Waals surface area contributed by atoms with E-state index in [1.807, 2.05) is 36.7 Å². The van der Waals surface area contributed by atoms with Gasteiger partial charge >= 0.3 is 0 Å². The number of amides is 1. The Bertz CT molecular complexity index is 1300. The van der Waals surface area contributed by atoms with Crippen molar-refractivity contribution in [3.63, 3.8) is 0 Å². The number of pyridine rings is 1. The monoisotopic (exact) mass is 468 g/mol. The van der Waals surface area contributed by atoms with E-state index >= 15 is 0 Å². The van der Waals surface area contributed by atoms with Crippen molar-refractivity contribution in [2.75, 3.05) is 43.4 Å². The van der Waals surface area contributed by atoms with Crippen LogP contribution in [0.2, 0.25) is 0 Å². The number of imidazole rings is 1. The van der Waals surface area contributed by atoms with Crippen LogP contribution in [0.25, 0.3) is 16.9 Å². The number of hydrogen-bond donors (Lipinski definition) is 2. The van der Waals surface area contributed by atoms with Crippen molar-refractivity contribution in [2.24, 2.45) is 0 Å². The lowest BCUT2D eigenvalue weighted by molar-refractivity contribution is 0.0963. The molecule has 2 aromatic heterocycles. The standard InChI is InChI=1S/C28H32N6O/c1-20(2)32-16-18-33(19-17-32)24-10-8-23(9-11-24)31-25-12-13-26(34-15-14-30-27(25)34)21-4-6-22(7-5-21)28(35)29-3/h4-15,20,31H,16-19H2,1-3H3,(H,29,35). The summed E-state index contributed by atoms with van der Waals surface area (Å²) in [5, 5.41) is 6.19. The number of anilines is 3. The van der Waals surface area contributed by atoms with Gasteiger partial charge < -0.3 is 15.5 Å². The summed E-state index contributed by atoms with van der Waals surface area (Å²) in [5.41, 5.74) is 6.77. The lowest BCUT2D eigenvalue weighted by Crippen LogP contribution is -2.48. The molecule has 1 aliphatic heterocycles. The summed E-state index contributed by atoms with van der Waals surface area (Å²) in [5.74, 6) is -0.0901. The second-order valence-corrected chi connectivity index (χ2v) is 9.20. The van der Waals surface area contributed by atoms with Crippen LogP contribution in [0.4, 0.5) is 17.1 Å². The Balaban J connectivity index is 1.33. The number of nitrogens with zero attached hydrogens (tertiary/aromatic N) is 4. The van der Waals surface area contributed by atoms with E-state index in [0.29, 0.717) is 11.6 Å². The maximum absolute atomic E-state index is 11.9. The molecule has 1 saturated heterocycles. The van der Waals surface area contributed by atoms with Crippen LogP contribution in [0.1, 0.15) is 24.2 Å². The Labute approximate surface area is 206 Å². The van der Waals surface area contributed by atoms with Gasteiger partial charge in [-0.2, -0.15) is 0 Å². The minimum Gasteiger partial charge on any atom is -0.369 e. The number of piperazine rings is 1. The maximum Gasteiger partial charge on any atom is 0.251 e. The van der Waals surface area contributed by atoms with Crippen LogP contribution in [0.3, 0.4) is 0 Å². The fraction of sp³-hybridized carbons (Fsp3) is 0.286. The van der Waals surface area contributed by atoms with Crippen LogP contribution in [0, 0.1) is 0 Å². The van der Waals surface area contributed by atoms with E-state index in [9.17, 15) is 4.79 Å². The second kappa shape index (κ2) is 9.80. The summed E-state index contributed by atoms with van der Waals surface area (Å²) in [4.78, 5) is 21.4. The topological polar surface area (TPSA) is 64.9 Å². The summed E-state index contributed by atoms with van der Waals surface area (Å²) >= 11 is 0. The van der Waals surface area contributed by atoms with Gasteiger partial charge in [-0.1, -0.05) is 12.1 Å². The average Bonchev–Trinajstić information content (AvgIpc) is 3.40. The number of benzene rings is 2. The molecule has 1 amide bonds. The van der Waals surface area contributed by atoms with Crippen molar-refractivity contribution in [3.05, 3.63) is 78.6 Å². The molecule has 3 heterocycles. The molecule has 35 heavy (non-hydrogen) atoms. The Morgan fingerprint density at radius 1 is 0.914 bits per heavy atom. The third-order valence-corrected chi connectivity index (χ3v) is 6.77. The van der Waals surface area contributed by atoms with Gasteiger partial charge in [0.25, 0.3) is 5.91 Å². The van der Waals surface area contributed by atoms with Crippen LogP contribution in [-0.4, -0.2) is 59.5 Å². The molecule has 0 bridgehead atoms. The summed E-state index contributed by atoms with van der Waals surface area (Å²) in [6.45, 7) is 8.87. The summed E-state index contributed by atoms with van der Waals surface area (Å²) in [6.07, 6.45) is 3.77. The quantitative estimate of drug-likeness (QED) is 0.432. The van der Waals surface area contributed by atoms with Gasteiger partial charge in [0, 0.05) is 68.6 Å². The van der Waals surface area contributed by atoms with E-state index in [0.717, 1.165) is 54.5 Å². The molecule has 7 heteroatoms. The Kier molecular flexibility index (Phi) is 6.42. The molecule has 0 aliphatic carbocycles. The third-order valence-electron chi connectivity index (χ3n) is 6.77. The van der Waals surface area contributed by atoms with Gasteiger partial charge in [-0.3, -0.25) is 14.1 Å². The zero-order valence-electron chi connectivity index (χ0n) is 20.5. The minimum atomic E-state index is -0.0901. The number of hydrogen-bond acceptors (Lipinski definition) is 5. The number of fused-ring (bicyclic) bond motifs is 1. The fourth-order valence-electron chi connectivity index (χ4n) is 4.69. The lowest BCUT2D eigenvalue weighted by Gasteiger charge is -2.38. The van der Waals surface area contributed by atoms with Gasteiger partial charge in [-0.25, -0.2) is 4.98 Å². The zero-order valence-corrected chi connectivity index (χ0v) is 20.5. The summed E-state index contributed by atoms with van der Waals surface area (Å²) in [6, 6.07) is 21.0. The molecular weight excluding hydrogens is 436 g/mol. The third kappa shape index (κ3) is 4.72. The molecule has 2 N–H and O–H groups in total. The van der Waals surface area contributed by atoms with Crippen molar-refractivity contribution in [1.29, 1.82) is 0 Å². The summed E-state index contributed by atoms with van der Waals surface area (Å²) < 4.78 is 2.07. The van der Waals surface area contributed by atoms with Crippen molar-refractivity contribution < 1.29 is 4.79 Å². The normalized spacial score (nSPS) is 14.5. The lowest BCUT2D eigenvalue weighted by atomic mass is 10.1. The molecule has 0 saturated carbocycles. The highest BCUT2D eigenvalue weighted by atomic mass is 16.1. The van der Waals surface area contributed by atoms with Gasteiger partial charge in [0.05, 0.1) is 11.4 Å². The average molecular weight is 469 g/mol. The van der Waals surface area contributed by atoms with Gasteiger partial charge in [-0.05, 0) is 67.9 Å².